The van der Waals surface area contributed by atoms with Crippen molar-refractivity contribution >= 4 is 12.4 Å². The number of benzene rings is 1. The summed E-state index contributed by atoms with van der Waals surface area (Å²) < 4.78 is 21.6. The fraction of sp³-hybridized carbons (Fsp3) is 0.250. The summed E-state index contributed by atoms with van der Waals surface area (Å²) in [6.45, 7) is 0.632. The molecule has 0 saturated heterocycles. The molecule has 2 aliphatic rings. The molecule has 0 radical (unpaired) electrons. The molecule has 0 aromatic carbocycles. The number of nitrogens with two attached hydrogens (primary N) is 1. The first-order chi connectivity index (χ1) is 4.97. The number of fused-ring (bicyclic) bond motifs is 1. The van der Waals surface area contributed by atoms with Crippen LogP contribution in [-0.4, -0.2) is 6.05 Å². The SMILES string of the molecule is CC(N)(F)F.Cl.c1cc2cc-2c1. The number of alkyl halides is 2. The van der Waals surface area contributed by atoms with Crippen molar-refractivity contribution in [3.8, 4) is 11.1 Å². The number of hydrogen-bond acceptors (Lipinski definition) is 1. The molecule has 0 heterocycles. The van der Waals surface area contributed by atoms with Crippen molar-refractivity contribution in [2.45, 2.75) is 13.0 Å². The summed E-state index contributed by atoms with van der Waals surface area (Å²) in [7, 11) is 0. The molecule has 0 atom stereocenters. The van der Waals surface area contributed by atoms with Crippen LogP contribution >= 0.6 is 12.4 Å². The lowest BCUT2D eigenvalue weighted by Crippen LogP contribution is -2.22. The van der Waals surface area contributed by atoms with Gasteiger partial charge in [-0.1, -0.05) is 18.2 Å². The van der Waals surface area contributed by atoms with Crippen molar-refractivity contribution in [2.75, 3.05) is 0 Å². The topological polar surface area (TPSA) is 26.0 Å². The number of halogens is 3. The summed E-state index contributed by atoms with van der Waals surface area (Å²) in [5.74, 6) is 0. The molecule has 0 spiro atoms. The molecule has 0 aliphatic heterocycles. The van der Waals surface area contributed by atoms with E-state index in [1.165, 1.54) is 11.1 Å². The van der Waals surface area contributed by atoms with E-state index in [4.69, 9.17) is 0 Å². The van der Waals surface area contributed by atoms with E-state index in [-0.39, 0.29) is 12.4 Å². The summed E-state index contributed by atoms with van der Waals surface area (Å²) in [4.78, 5) is 0. The molecule has 12 heavy (non-hydrogen) atoms. The Morgan fingerprint density at radius 2 is 1.58 bits per heavy atom. The Kier molecular flexibility index (Phi) is 3.61. The van der Waals surface area contributed by atoms with Crippen molar-refractivity contribution in [1.82, 2.24) is 0 Å². The van der Waals surface area contributed by atoms with Crippen LogP contribution in [0.1, 0.15) is 6.92 Å². The Hall–Kier alpha value is -0.670. The maximum Gasteiger partial charge on any atom is 0.297 e. The van der Waals surface area contributed by atoms with E-state index in [9.17, 15) is 8.78 Å². The average molecular weight is 194 g/mol. The smallest absolute Gasteiger partial charge is 0.272 e. The first-order valence-electron chi connectivity index (χ1n) is 3.24. The molecule has 0 amide bonds. The van der Waals surface area contributed by atoms with Gasteiger partial charge >= 0.3 is 0 Å². The molecule has 2 N–H and O–H groups in total. The lowest BCUT2D eigenvalue weighted by molar-refractivity contribution is 0.0295. The van der Waals surface area contributed by atoms with Gasteiger partial charge in [0.25, 0.3) is 6.05 Å². The maximum atomic E-state index is 10.8. The second-order valence-corrected chi connectivity index (χ2v) is 2.54. The second kappa shape index (κ2) is 3.83. The molecule has 1 nitrogen and oxygen atoms in total. The molecular formula is C8H10ClF2N. The molecule has 0 bridgehead atoms. The van der Waals surface area contributed by atoms with Gasteiger partial charge in [-0.05, 0) is 17.2 Å². The van der Waals surface area contributed by atoms with Crippen molar-refractivity contribution < 1.29 is 8.78 Å². The molecule has 0 aromatic heterocycles. The van der Waals surface area contributed by atoms with Crippen molar-refractivity contribution in [2.24, 2.45) is 5.73 Å². The van der Waals surface area contributed by atoms with Gasteiger partial charge in [0.1, 0.15) is 0 Å². The van der Waals surface area contributed by atoms with Gasteiger partial charge in [0, 0.05) is 6.92 Å². The fourth-order valence-corrected chi connectivity index (χ4v) is 0.676. The Morgan fingerprint density at radius 3 is 1.67 bits per heavy atom. The Morgan fingerprint density at radius 1 is 1.25 bits per heavy atom. The zero-order valence-corrected chi connectivity index (χ0v) is 7.37. The van der Waals surface area contributed by atoms with Crippen LogP contribution in [0.2, 0.25) is 0 Å². The fourth-order valence-electron chi connectivity index (χ4n) is 0.676. The van der Waals surface area contributed by atoms with Crippen LogP contribution in [0.25, 0.3) is 11.1 Å². The van der Waals surface area contributed by atoms with Crippen LogP contribution in [0.15, 0.2) is 24.3 Å². The van der Waals surface area contributed by atoms with E-state index in [0.29, 0.717) is 6.92 Å². The van der Waals surface area contributed by atoms with Gasteiger partial charge in [-0.25, -0.2) is 0 Å². The predicted molar refractivity (Wildman–Crippen MR) is 47.5 cm³/mol. The Balaban J connectivity index is 0.000000191. The van der Waals surface area contributed by atoms with E-state index in [1.54, 1.807) is 0 Å². The molecule has 0 fully saturated rings. The third-order valence-electron chi connectivity index (χ3n) is 1.11. The first kappa shape index (κ1) is 11.3. The minimum atomic E-state index is -3.00. The van der Waals surface area contributed by atoms with Crippen molar-refractivity contribution in [3.05, 3.63) is 24.3 Å². The van der Waals surface area contributed by atoms with Crippen molar-refractivity contribution in [3.63, 3.8) is 0 Å². The largest absolute Gasteiger partial charge is 0.297 e. The Bertz CT molecular complexity index is 234. The van der Waals surface area contributed by atoms with Gasteiger partial charge in [-0.2, -0.15) is 8.78 Å². The normalized spacial score (nSPS) is 10.7. The molecule has 0 aromatic rings. The lowest BCUT2D eigenvalue weighted by Gasteiger charge is -1.95. The van der Waals surface area contributed by atoms with Crippen LogP contribution in [0.5, 0.6) is 0 Å². The molecule has 2 rings (SSSR count). The van der Waals surface area contributed by atoms with Crippen LogP contribution in [0.4, 0.5) is 8.78 Å². The molecular weight excluding hydrogens is 184 g/mol. The van der Waals surface area contributed by atoms with Gasteiger partial charge in [0.2, 0.25) is 0 Å². The molecule has 0 unspecified atom stereocenters. The van der Waals surface area contributed by atoms with Gasteiger partial charge in [0.15, 0.2) is 0 Å². The quantitative estimate of drug-likeness (QED) is 0.640. The summed E-state index contributed by atoms with van der Waals surface area (Å²) in [6.07, 6.45) is 0. The van der Waals surface area contributed by atoms with E-state index in [2.05, 4.69) is 30.0 Å². The van der Waals surface area contributed by atoms with E-state index >= 15 is 0 Å². The van der Waals surface area contributed by atoms with Gasteiger partial charge in [0.05, 0.1) is 0 Å². The van der Waals surface area contributed by atoms with Gasteiger partial charge < -0.3 is 0 Å². The van der Waals surface area contributed by atoms with E-state index in [0.717, 1.165) is 0 Å². The summed E-state index contributed by atoms with van der Waals surface area (Å²) in [5.41, 5.74) is 6.87. The van der Waals surface area contributed by atoms with Crippen LogP contribution in [0.3, 0.4) is 0 Å². The predicted octanol–water partition coefficient (Wildman–Crippen LogP) is 2.65. The summed E-state index contributed by atoms with van der Waals surface area (Å²) in [6, 6.07) is 5.48. The Labute approximate surface area is 76.0 Å². The highest BCUT2D eigenvalue weighted by molar-refractivity contribution is 5.85. The van der Waals surface area contributed by atoms with Gasteiger partial charge in [-0.3, -0.25) is 5.73 Å². The van der Waals surface area contributed by atoms with Gasteiger partial charge in [-0.15, -0.1) is 12.4 Å². The maximum absolute atomic E-state index is 10.8. The third kappa shape index (κ3) is 5.04. The molecule has 0 saturated carbocycles. The minimum absolute atomic E-state index is 0. The minimum Gasteiger partial charge on any atom is -0.272 e. The third-order valence-corrected chi connectivity index (χ3v) is 1.11. The second-order valence-electron chi connectivity index (χ2n) is 2.54. The first-order valence-corrected chi connectivity index (χ1v) is 3.24. The van der Waals surface area contributed by atoms with E-state index < -0.39 is 6.05 Å². The van der Waals surface area contributed by atoms with Crippen LogP contribution in [0, 0.1) is 0 Å². The number of rotatable bonds is 0. The molecule has 68 valence electrons. The molecule has 2 aliphatic carbocycles. The zero-order chi connectivity index (χ0) is 8.48. The van der Waals surface area contributed by atoms with Crippen LogP contribution in [-0.2, 0) is 0 Å². The average Bonchev–Trinajstić information content (AvgIpc) is 2.37. The zero-order valence-electron chi connectivity index (χ0n) is 6.55. The molecule has 4 heteroatoms. The summed E-state index contributed by atoms with van der Waals surface area (Å²) in [5, 5.41) is 0. The lowest BCUT2D eigenvalue weighted by atomic mass is 10.6. The highest BCUT2D eigenvalue weighted by Crippen LogP contribution is 2.32. The summed E-state index contributed by atoms with van der Waals surface area (Å²) >= 11 is 0. The van der Waals surface area contributed by atoms with Crippen LogP contribution < -0.4 is 5.73 Å². The monoisotopic (exact) mass is 193 g/mol. The van der Waals surface area contributed by atoms with Crippen molar-refractivity contribution in [1.29, 1.82) is 0 Å². The van der Waals surface area contributed by atoms with E-state index in [1.807, 2.05) is 0 Å². The standard InChI is InChI=1S/C6H4.C2H5F2N.ClH/c1-2-5-4-6(5)3-1;1-2(3,4)5;/h1-4H;5H2,1H3;1H. The highest BCUT2D eigenvalue weighted by Gasteiger charge is 2.09. The highest BCUT2D eigenvalue weighted by atomic mass is 35.5. The number of hydrogen-bond donors (Lipinski definition) is 1.